The summed E-state index contributed by atoms with van der Waals surface area (Å²) in [6.07, 6.45) is 3.99. The van der Waals surface area contributed by atoms with Gasteiger partial charge in [0.15, 0.2) is 0 Å². The summed E-state index contributed by atoms with van der Waals surface area (Å²) in [5, 5.41) is 9.47. The Morgan fingerprint density at radius 1 is 1.31 bits per heavy atom. The third-order valence-electron chi connectivity index (χ3n) is 2.81. The molecule has 0 spiro atoms. The van der Waals surface area contributed by atoms with E-state index in [1.807, 2.05) is 6.92 Å². The zero-order chi connectivity index (χ0) is 10.3. The second-order valence-corrected chi connectivity index (χ2v) is 4.04. The maximum absolute atomic E-state index is 10.2. The van der Waals surface area contributed by atoms with Crippen LogP contribution in [0, 0.1) is 11.8 Å². The van der Waals surface area contributed by atoms with Crippen LogP contribution in [0.4, 0.5) is 0 Å². The standard InChI is InChI=1S/C11H22O2/c1-4-9(2)5-6-10(3)11(13)7-8-12/h8-11,13H,4-7H2,1-3H3. The minimum Gasteiger partial charge on any atom is -0.392 e. The number of aliphatic hydroxyl groups is 1. The van der Waals surface area contributed by atoms with E-state index in [-0.39, 0.29) is 12.3 Å². The van der Waals surface area contributed by atoms with E-state index in [1.165, 1.54) is 6.42 Å². The van der Waals surface area contributed by atoms with E-state index in [9.17, 15) is 9.90 Å². The maximum atomic E-state index is 10.2. The Morgan fingerprint density at radius 2 is 1.92 bits per heavy atom. The van der Waals surface area contributed by atoms with Gasteiger partial charge in [0.25, 0.3) is 0 Å². The molecule has 2 nitrogen and oxygen atoms in total. The number of hydrogen-bond acceptors (Lipinski definition) is 2. The van der Waals surface area contributed by atoms with Crippen molar-refractivity contribution in [1.82, 2.24) is 0 Å². The van der Waals surface area contributed by atoms with Gasteiger partial charge in [0, 0.05) is 6.42 Å². The summed E-state index contributed by atoms with van der Waals surface area (Å²) < 4.78 is 0. The molecule has 3 atom stereocenters. The van der Waals surface area contributed by atoms with Crippen molar-refractivity contribution in [2.24, 2.45) is 11.8 Å². The summed E-state index contributed by atoms with van der Waals surface area (Å²) in [5.74, 6) is 0.977. The highest BCUT2D eigenvalue weighted by Gasteiger charge is 2.14. The van der Waals surface area contributed by atoms with Crippen molar-refractivity contribution in [1.29, 1.82) is 0 Å². The van der Waals surface area contributed by atoms with Crippen LogP contribution in [0.15, 0.2) is 0 Å². The lowest BCUT2D eigenvalue weighted by molar-refractivity contribution is -0.110. The highest BCUT2D eigenvalue weighted by atomic mass is 16.3. The number of carbonyl (C=O) groups is 1. The van der Waals surface area contributed by atoms with Crippen molar-refractivity contribution in [3.05, 3.63) is 0 Å². The van der Waals surface area contributed by atoms with Gasteiger partial charge < -0.3 is 9.90 Å². The molecular weight excluding hydrogens is 164 g/mol. The van der Waals surface area contributed by atoms with Crippen molar-refractivity contribution in [3.8, 4) is 0 Å². The quantitative estimate of drug-likeness (QED) is 0.620. The Bertz CT molecular complexity index is 134. The van der Waals surface area contributed by atoms with Crippen molar-refractivity contribution in [3.63, 3.8) is 0 Å². The first-order valence-corrected chi connectivity index (χ1v) is 5.23. The number of hydrogen-bond donors (Lipinski definition) is 1. The summed E-state index contributed by atoms with van der Waals surface area (Å²) in [6, 6.07) is 0. The molecule has 0 aromatic heterocycles. The molecule has 0 aliphatic carbocycles. The molecule has 78 valence electrons. The molecule has 13 heavy (non-hydrogen) atoms. The lowest BCUT2D eigenvalue weighted by Crippen LogP contribution is -2.18. The molecular formula is C11H22O2. The van der Waals surface area contributed by atoms with Crippen LogP contribution < -0.4 is 0 Å². The first kappa shape index (κ1) is 12.6. The van der Waals surface area contributed by atoms with Crippen molar-refractivity contribution in [2.75, 3.05) is 0 Å². The highest BCUT2D eigenvalue weighted by Crippen LogP contribution is 2.18. The van der Waals surface area contributed by atoms with Crippen LogP contribution in [0.25, 0.3) is 0 Å². The van der Waals surface area contributed by atoms with Gasteiger partial charge in [-0.2, -0.15) is 0 Å². The molecule has 0 fully saturated rings. The predicted octanol–water partition coefficient (Wildman–Crippen LogP) is 2.40. The van der Waals surface area contributed by atoms with E-state index in [0.29, 0.717) is 0 Å². The molecule has 0 aliphatic heterocycles. The van der Waals surface area contributed by atoms with Gasteiger partial charge in [-0.3, -0.25) is 0 Å². The zero-order valence-electron chi connectivity index (χ0n) is 8.99. The number of aldehydes is 1. The molecule has 0 radical (unpaired) electrons. The second-order valence-electron chi connectivity index (χ2n) is 4.04. The van der Waals surface area contributed by atoms with Gasteiger partial charge in [0.1, 0.15) is 6.29 Å². The molecule has 0 amide bonds. The fourth-order valence-electron chi connectivity index (χ4n) is 1.27. The summed E-state index contributed by atoms with van der Waals surface area (Å²) >= 11 is 0. The van der Waals surface area contributed by atoms with Crippen molar-refractivity contribution < 1.29 is 9.90 Å². The minimum absolute atomic E-state index is 0.249. The Labute approximate surface area is 81.3 Å². The third kappa shape index (κ3) is 5.81. The molecule has 0 aromatic carbocycles. The van der Waals surface area contributed by atoms with Gasteiger partial charge in [-0.25, -0.2) is 0 Å². The van der Waals surface area contributed by atoms with Gasteiger partial charge in [-0.15, -0.1) is 0 Å². The Kier molecular flexibility index (Phi) is 6.87. The number of rotatable bonds is 7. The lowest BCUT2D eigenvalue weighted by atomic mass is 9.92. The zero-order valence-corrected chi connectivity index (χ0v) is 8.99. The van der Waals surface area contributed by atoms with E-state index in [0.717, 1.165) is 25.0 Å². The Morgan fingerprint density at radius 3 is 2.38 bits per heavy atom. The topological polar surface area (TPSA) is 37.3 Å². The van der Waals surface area contributed by atoms with Crippen LogP contribution in [-0.2, 0) is 4.79 Å². The fourth-order valence-corrected chi connectivity index (χ4v) is 1.27. The molecule has 0 heterocycles. The first-order chi connectivity index (χ1) is 6.11. The van der Waals surface area contributed by atoms with Crippen LogP contribution >= 0.6 is 0 Å². The molecule has 1 N–H and O–H groups in total. The average Bonchev–Trinajstić information content (AvgIpc) is 2.13. The van der Waals surface area contributed by atoms with Crippen molar-refractivity contribution in [2.45, 2.75) is 52.6 Å². The normalized spacial score (nSPS) is 17.8. The number of carbonyl (C=O) groups excluding carboxylic acids is 1. The molecule has 2 heteroatoms. The SMILES string of the molecule is CCC(C)CCC(C)C(O)CC=O. The van der Waals surface area contributed by atoms with E-state index < -0.39 is 6.10 Å². The average molecular weight is 186 g/mol. The lowest BCUT2D eigenvalue weighted by Gasteiger charge is -2.18. The summed E-state index contributed by atoms with van der Waals surface area (Å²) in [6.45, 7) is 6.41. The monoisotopic (exact) mass is 186 g/mol. The van der Waals surface area contributed by atoms with E-state index in [4.69, 9.17) is 0 Å². The van der Waals surface area contributed by atoms with Gasteiger partial charge in [-0.05, 0) is 18.3 Å². The van der Waals surface area contributed by atoms with Crippen LogP contribution in [0.3, 0.4) is 0 Å². The molecule has 3 unspecified atom stereocenters. The maximum Gasteiger partial charge on any atom is 0.122 e. The van der Waals surface area contributed by atoms with Gasteiger partial charge in [0.2, 0.25) is 0 Å². The molecule has 0 rings (SSSR count). The Hall–Kier alpha value is -0.370. The number of aliphatic hydroxyl groups excluding tert-OH is 1. The first-order valence-electron chi connectivity index (χ1n) is 5.23. The van der Waals surface area contributed by atoms with Gasteiger partial charge in [0.05, 0.1) is 6.10 Å². The highest BCUT2D eigenvalue weighted by molar-refractivity contribution is 5.50. The molecule has 0 saturated carbocycles. The fraction of sp³-hybridized carbons (Fsp3) is 0.909. The molecule has 0 aromatic rings. The minimum atomic E-state index is -0.443. The Balaban J connectivity index is 3.59. The summed E-state index contributed by atoms with van der Waals surface area (Å²) in [7, 11) is 0. The summed E-state index contributed by atoms with van der Waals surface area (Å²) in [5.41, 5.74) is 0. The third-order valence-corrected chi connectivity index (χ3v) is 2.81. The van der Waals surface area contributed by atoms with Crippen LogP contribution in [0.5, 0.6) is 0 Å². The van der Waals surface area contributed by atoms with Crippen LogP contribution in [-0.4, -0.2) is 17.5 Å². The molecule has 0 aliphatic rings. The van der Waals surface area contributed by atoms with Crippen LogP contribution in [0.1, 0.15) is 46.5 Å². The molecule has 0 saturated heterocycles. The largest absolute Gasteiger partial charge is 0.392 e. The summed E-state index contributed by atoms with van der Waals surface area (Å²) in [4.78, 5) is 10.2. The smallest absolute Gasteiger partial charge is 0.122 e. The van der Waals surface area contributed by atoms with Crippen molar-refractivity contribution >= 4 is 6.29 Å². The second kappa shape index (κ2) is 7.07. The van der Waals surface area contributed by atoms with Crippen LogP contribution in [0.2, 0.25) is 0 Å². The van der Waals surface area contributed by atoms with Gasteiger partial charge in [-0.1, -0.05) is 33.6 Å². The van der Waals surface area contributed by atoms with Gasteiger partial charge >= 0.3 is 0 Å². The van der Waals surface area contributed by atoms with E-state index >= 15 is 0 Å². The van der Waals surface area contributed by atoms with E-state index in [2.05, 4.69) is 13.8 Å². The molecule has 0 bridgehead atoms. The predicted molar refractivity (Wildman–Crippen MR) is 54.5 cm³/mol. The van der Waals surface area contributed by atoms with E-state index in [1.54, 1.807) is 0 Å².